The highest BCUT2D eigenvalue weighted by molar-refractivity contribution is 7.89. The Labute approximate surface area is 158 Å². The largest absolute Gasteiger partial charge is 0.393 e. The molecule has 0 radical (unpaired) electrons. The molecule has 1 aromatic carbocycles. The van der Waals surface area contributed by atoms with Crippen molar-refractivity contribution < 1.29 is 13.5 Å². The molecular weight excluding hydrogens is 346 g/mol. The fourth-order valence-electron chi connectivity index (χ4n) is 5.10. The van der Waals surface area contributed by atoms with E-state index in [1.165, 1.54) is 0 Å². The van der Waals surface area contributed by atoms with Gasteiger partial charge in [-0.15, -0.1) is 0 Å². The fraction of sp³-hybridized carbons (Fsp3) is 0.714. The van der Waals surface area contributed by atoms with Gasteiger partial charge in [0.1, 0.15) is 0 Å². The lowest BCUT2D eigenvalue weighted by Crippen LogP contribution is -2.62. The second-order valence-corrected chi connectivity index (χ2v) is 10.0. The standard InChI is InChI=1S/C21H33NO3S/c1-3-4-8-19-20(23)9-7-15-21(19)14-5-6-16-22(21)26(24,25)18-12-10-17(2)11-13-18/h10-13,19-20,23H,3-9,14-16H2,1-2H3/t19-,20+,21-/m1/s1. The zero-order valence-electron chi connectivity index (χ0n) is 16.2. The lowest BCUT2D eigenvalue weighted by Gasteiger charge is -2.54. The van der Waals surface area contributed by atoms with E-state index in [0.29, 0.717) is 11.4 Å². The van der Waals surface area contributed by atoms with Crippen LogP contribution in [0.5, 0.6) is 0 Å². The molecule has 0 aromatic heterocycles. The molecule has 146 valence electrons. The van der Waals surface area contributed by atoms with Crippen molar-refractivity contribution in [2.75, 3.05) is 6.54 Å². The molecule has 3 atom stereocenters. The van der Waals surface area contributed by atoms with Crippen LogP contribution in [0, 0.1) is 12.8 Å². The zero-order valence-corrected chi connectivity index (χ0v) is 17.0. The predicted octanol–water partition coefficient (Wildman–Crippen LogP) is 4.26. The van der Waals surface area contributed by atoms with E-state index in [0.717, 1.165) is 63.4 Å². The first-order valence-corrected chi connectivity index (χ1v) is 11.6. The topological polar surface area (TPSA) is 57.6 Å². The van der Waals surface area contributed by atoms with Crippen LogP contribution in [0.1, 0.15) is 70.3 Å². The normalized spacial score (nSPS) is 30.6. The molecule has 0 bridgehead atoms. The van der Waals surface area contributed by atoms with Crippen molar-refractivity contribution in [3.05, 3.63) is 29.8 Å². The summed E-state index contributed by atoms with van der Waals surface area (Å²) in [6.45, 7) is 4.70. The number of nitrogens with zero attached hydrogens (tertiary/aromatic N) is 1. The molecule has 1 aliphatic heterocycles. The smallest absolute Gasteiger partial charge is 0.243 e. The van der Waals surface area contributed by atoms with Crippen LogP contribution < -0.4 is 0 Å². The molecule has 1 aliphatic carbocycles. The number of piperidine rings is 1. The summed E-state index contributed by atoms with van der Waals surface area (Å²) in [6, 6.07) is 7.20. The zero-order chi connectivity index (χ0) is 18.8. The Kier molecular flexibility index (Phi) is 6.10. The van der Waals surface area contributed by atoms with Gasteiger partial charge >= 0.3 is 0 Å². The monoisotopic (exact) mass is 379 g/mol. The number of hydrogen-bond acceptors (Lipinski definition) is 3. The van der Waals surface area contributed by atoms with Gasteiger partial charge in [-0.3, -0.25) is 0 Å². The molecule has 5 heteroatoms. The third-order valence-corrected chi connectivity index (χ3v) is 8.45. The minimum Gasteiger partial charge on any atom is -0.393 e. The Morgan fingerprint density at radius 3 is 2.54 bits per heavy atom. The molecule has 1 saturated heterocycles. The molecular formula is C21H33NO3S. The molecule has 4 nitrogen and oxygen atoms in total. The summed E-state index contributed by atoms with van der Waals surface area (Å²) in [6.07, 6.45) is 8.07. The average Bonchev–Trinajstić information content (AvgIpc) is 2.62. The van der Waals surface area contributed by atoms with Gasteiger partial charge in [-0.2, -0.15) is 4.31 Å². The van der Waals surface area contributed by atoms with E-state index in [4.69, 9.17) is 0 Å². The van der Waals surface area contributed by atoms with Crippen LogP contribution in [0.15, 0.2) is 29.2 Å². The molecule has 0 amide bonds. The number of hydrogen-bond donors (Lipinski definition) is 1. The summed E-state index contributed by atoms with van der Waals surface area (Å²) >= 11 is 0. The van der Waals surface area contributed by atoms with Crippen molar-refractivity contribution in [3.63, 3.8) is 0 Å². The Bertz CT molecular complexity index is 696. The van der Waals surface area contributed by atoms with E-state index in [9.17, 15) is 13.5 Å². The molecule has 0 unspecified atom stereocenters. The maximum Gasteiger partial charge on any atom is 0.243 e. The molecule has 26 heavy (non-hydrogen) atoms. The van der Waals surface area contributed by atoms with Crippen LogP contribution in [-0.2, 0) is 10.0 Å². The van der Waals surface area contributed by atoms with Crippen LogP contribution in [0.4, 0.5) is 0 Å². The number of aliphatic hydroxyl groups is 1. The molecule has 1 spiro atoms. The van der Waals surface area contributed by atoms with Gasteiger partial charge in [0.15, 0.2) is 0 Å². The fourth-order valence-corrected chi connectivity index (χ4v) is 7.00. The van der Waals surface area contributed by atoms with Gasteiger partial charge in [-0.25, -0.2) is 8.42 Å². The second kappa shape index (κ2) is 7.99. The van der Waals surface area contributed by atoms with Crippen molar-refractivity contribution in [1.82, 2.24) is 4.31 Å². The summed E-state index contributed by atoms with van der Waals surface area (Å²) in [5.74, 6) is 0.0525. The third kappa shape index (κ3) is 3.58. The lowest BCUT2D eigenvalue weighted by molar-refractivity contribution is -0.0548. The van der Waals surface area contributed by atoms with Crippen molar-refractivity contribution in [3.8, 4) is 0 Å². The van der Waals surface area contributed by atoms with Crippen molar-refractivity contribution in [2.24, 2.45) is 5.92 Å². The summed E-state index contributed by atoms with van der Waals surface area (Å²) in [7, 11) is -3.55. The van der Waals surface area contributed by atoms with E-state index in [2.05, 4.69) is 6.92 Å². The SMILES string of the molecule is CCCC[C@@H]1[C@@H](O)CCC[C@]12CCCCN2S(=O)(=O)c1ccc(C)cc1. The quantitative estimate of drug-likeness (QED) is 0.831. The maximum atomic E-state index is 13.5. The Balaban J connectivity index is 2.01. The first-order chi connectivity index (χ1) is 12.4. The Morgan fingerprint density at radius 2 is 1.85 bits per heavy atom. The minimum atomic E-state index is -3.55. The number of sulfonamides is 1. The van der Waals surface area contributed by atoms with E-state index in [-0.39, 0.29) is 12.0 Å². The molecule has 3 rings (SSSR count). The molecule has 1 aromatic rings. The van der Waals surface area contributed by atoms with E-state index in [1.54, 1.807) is 16.4 Å². The van der Waals surface area contributed by atoms with Gasteiger partial charge in [-0.05, 0) is 57.6 Å². The summed E-state index contributed by atoms with van der Waals surface area (Å²) in [5.41, 5.74) is 0.653. The summed E-state index contributed by atoms with van der Waals surface area (Å²) in [4.78, 5) is 0.388. The van der Waals surface area contributed by atoms with Crippen molar-refractivity contribution >= 4 is 10.0 Å². The summed E-state index contributed by atoms with van der Waals surface area (Å²) < 4.78 is 28.9. The van der Waals surface area contributed by atoms with E-state index >= 15 is 0 Å². The van der Waals surface area contributed by atoms with Gasteiger partial charge in [0, 0.05) is 18.0 Å². The van der Waals surface area contributed by atoms with Crippen molar-refractivity contribution in [1.29, 1.82) is 0 Å². The Hall–Kier alpha value is -0.910. The Morgan fingerprint density at radius 1 is 1.15 bits per heavy atom. The highest BCUT2D eigenvalue weighted by Crippen LogP contribution is 2.48. The van der Waals surface area contributed by atoms with Crippen LogP contribution in [-0.4, -0.2) is 36.0 Å². The number of benzene rings is 1. The minimum absolute atomic E-state index is 0.0525. The van der Waals surface area contributed by atoms with Crippen LogP contribution >= 0.6 is 0 Å². The molecule has 2 fully saturated rings. The third-order valence-electron chi connectivity index (χ3n) is 6.46. The van der Waals surface area contributed by atoms with Gasteiger partial charge in [-0.1, -0.05) is 43.9 Å². The highest BCUT2D eigenvalue weighted by atomic mass is 32.2. The molecule has 2 aliphatic rings. The van der Waals surface area contributed by atoms with E-state index < -0.39 is 15.6 Å². The number of aryl methyl sites for hydroxylation is 1. The number of unbranched alkanes of at least 4 members (excludes halogenated alkanes) is 1. The molecule has 1 heterocycles. The van der Waals surface area contributed by atoms with Crippen LogP contribution in [0.2, 0.25) is 0 Å². The predicted molar refractivity (Wildman–Crippen MR) is 105 cm³/mol. The van der Waals surface area contributed by atoms with Gasteiger partial charge < -0.3 is 5.11 Å². The number of rotatable bonds is 5. The highest BCUT2D eigenvalue weighted by Gasteiger charge is 2.53. The number of aliphatic hydroxyl groups excluding tert-OH is 1. The first-order valence-electron chi connectivity index (χ1n) is 10.2. The van der Waals surface area contributed by atoms with Gasteiger partial charge in [0.05, 0.1) is 11.0 Å². The summed E-state index contributed by atoms with van der Waals surface area (Å²) in [5, 5.41) is 10.8. The van der Waals surface area contributed by atoms with Gasteiger partial charge in [0.2, 0.25) is 10.0 Å². The maximum absolute atomic E-state index is 13.5. The van der Waals surface area contributed by atoms with Crippen molar-refractivity contribution in [2.45, 2.75) is 88.2 Å². The van der Waals surface area contributed by atoms with Gasteiger partial charge in [0.25, 0.3) is 0 Å². The van der Waals surface area contributed by atoms with Crippen LogP contribution in [0.25, 0.3) is 0 Å². The molecule has 1 saturated carbocycles. The lowest BCUT2D eigenvalue weighted by atomic mass is 9.65. The first kappa shape index (κ1) is 19.8. The van der Waals surface area contributed by atoms with E-state index in [1.807, 2.05) is 19.1 Å². The average molecular weight is 380 g/mol. The second-order valence-electron chi connectivity index (χ2n) is 8.16. The van der Waals surface area contributed by atoms with Crippen LogP contribution in [0.3, 0.4) is 0 Å². The molecule has 1 N–H and O–H groups in total.